The average Bonchev–Trinajstić information content (AvgIpc) is 2.99. The highest BCUT2D eigenvalue weighted by Gasteiger charge is 2.26. The number of hydrogen-bond donors (Lipinski definition) is 1. The summed E-state index contributed by atoms with van der Waals surface area (Å²) in [4.78, 5) is 16.4. The lowest BCUT2D eigenvalue weighted by Crippen LogP contribution is -2.35. The quantitative estimate of drug-likeness (QED) is 0.771. The smallest absolute Gasteiger partial charge is 0.268 e. The Morgan fingerprint density at radius 1 is 1.17 bits per heavy atom. The van der Waals surface area contributed by atoms with E-state index in [9.17, 15) is 9.18 Å². The van der Waals surface area contributed by atoms with E-state index < -0.39 is 5.82 Å². The molecule has 0 fully saturated rings. The Balaban J connectivity index is 2.01. The molecule has 0 aliphatic carbocycles. The molecular formula is C18H13ClFN3O. The molecule has 0 radical (unpaired) electrons. The molecule has 24 heavy (non-hydrogen) atoms. The molecule has 3 aromatic rings. The first-order chi connectivity index (χ1) is 11.6. The van der Waals surface area contributed by atoms with E-state index in [1.54, 1.807) is 18.5 Å². The molecule has 2 aromatic heterocycles. The Morgan fingerprint density at radius 2 is 1.96 bits per heavy atom. The highest BCUT2D eigenvalue weighted by Crippen LogP contribution is 2.38. The first-order valence-corrected chi connectivity index (χ1v) is 7.90. The van der Waals surface area contributed by atoms with Gasteiger partial charge in [0.25, 0.3) is 5.91 Å². The fourth-order valence-corrected chi connectivity index (χ4v) is 3.16. The van der Waals surface area contributed by atoms with Crippen molar-refractivity contribution in [3.63, 3.8) is 0 Å². The summed E-state index contributed by atoms with van der Waals surface area (Å²) in [6.45, 7) is 1.25. The third-order valence-electron chi connectivity index (χ3n) is 4.13. The fraction of sp³-hybridized carbons (Fsp3) is 0.111. The van der Waals surface area contributed by atoms with E-state index in [0.29, 0.717) is 29.9 Å². The Labute approximate surface area is 142 Å². The summed E-state index contributed by atoms with van der Waals surface area (Å²) < 4.78 is 15.9. The second-order valence-corrected chi connectivity index (χ2v) is 5.99. The van der Waals surface area contributed by atoms with Gasteiger partial charge in [0.2, 0.25) is 0 Å². The predicted octanol–water partition coefficient (Wildman–Crippen LogP) is 3.75. The van der Waals surface area contributed by atoms with E-state index in [-0.39, 0.29) is 10.9 Å². The van der Waals surface area contributed by atoms with E-state index in [0.717, 1.165) is 11.1 Å². The van der Waals surface area contributed by atoms with Crippen molar-refractivity contribution in [2.24, 2.45) is 0 Å². The summed E-state index contributed by atoms with van der Waals surface area (Å²) in [6.07, 6.45) is 5.32. The first kappa shape index (κ1) is 14.9. The van der Waals surface area contributed by atoms with Gasteiger partial charge in [-0.2, -0.15) is 0 Å². The van der Waals surface area contributed by atoms with Crippen LogP contribution in [0.3, 0.4) is 0 Å². The maximum Gasteiger partial charge on any atom is 0.268 e. The zero-order valence-corrected chi connectivity index (χ0v) is 13.3. The third kappa shape index (κ3) is 2.37. The van der Waals surface area contributed by atoms with Crippen molar-refractivity contribution in [2.45, 2.75) is 6.54 Å². The molecular weight excluding hydrogens is 329 g/mol. The minimum Gasteiger partial charge on any atom is -0.349 e. The molecule has 0 bridgehead atoms. The number of rotatable bonds is 2. The van der Waals surface area contributed by atoms with Gasteiger partial charge in [-0.25, -0.2) is 4.39 Å². The molecule has 0 spiro atoms. The molecule has 0 saturated heterocycles. The van der Waals surface area contributed by atoms with Crippen LogP contribution in [0.2, 0.25) is 5.02 Å². The molecule has 1 amide bonds. The van der Waals surface area contributed by atoms with Crippen molar-refractivity contribution < 1.29 is 9.18 Å². The van der Waals surface area contributed by atoms with E-state index in [1.807, 2.05) is 22.9 Å². The van der Waals surface area contributed by atoms with Crippen LogP contribution in [0.4, 0.5) is 4.39 Å². The SMILES string of the molecule is O=C1NCCn2cc(-c3ccncc3)c(-c3ccc(Cl)c(F)c3)c21. The molecule has 1 aromatic carbocycles. The van der Waals surface area contributed by atoms with Crippen LogP contribution in [0.5, 0.6) is 0 Å². The number of carbonyl (C=O) groups is 1. The van der Waals surface area contributed by atoms with Gasteiger partial charge in [0.15, 0.2) is 0 Å². The Kier molecular flexibility index (Phi) is 3.58. The molecule has 6 heteroatoms. The number of benzene rings is 1. The summed E-state index contributed by atoms with van der Waals surface area (Å²) in [7, 11) is 0. The van der Waals surface area contributed by atoms with Crippen LogP contribution in [0.1, 0.15) is 10.5 Å². The molecule has 120 valence electrons. The van der Waals surface area contributed by atoms with Gasteiger partial charge < -0.3 is 9.88 Å². The molecule has 0 atom stereocenters. The average molecular weight is 342 g/mol. The Hall–Kier alpha value is -2.66. The normalized spacial score (nSPS) is 13.5. The van der Waals surface area contributed by atoms with Crippen LogP contribution in [-0.4, -0.2) is 22.0 Å². The molecule has 0 saturated carbocycles. The summed E-state index contributed by atoms with van der Waals surface area (Å²) in [5.41, 5.74) is 3.65. The minimum absolute atomic E-state index is 0.0572. The zero-order valence-electron chi connectivity index (χ0n) is 12.6. The number of fused-ring (bicyclic) bond motifs is 1. The Morgan fingerprint density at radius 3 is 2.71 bits per heavy atom. The van der Waals surface area contributed by atoms with E-state index >= 15 is 0 Å². The standard InChI is InChI=1S/C18H13ClFN3O/c19-14-2-1-12(9-15(14)20)16-13(11-3-5-21-6-4-11)10-23-8-7-22-18(24)17(16)23/h1-6,9-10H,7-8H2,(H,22,24). The predicted molar refractivity (Wildman–Crippen MR) is 90.4 cm³/mol. The third-order valence-corrected chi connectivity index (χ3v) is 4.44. The number of pyridine rings is 1. The monoisotopic (exact) mass is 341 g/mol. The van der Waals surface area contributed by atoms with Gasteiger partial charge in [-0.3, -0.25) is 9.78 Å². The van der Waals surface area contributed by atoms with E-state index in [4.69, 9.17) is 11.6 Å². The molecule has 1 aliphatic rings. The van der Waals surface area contributed by atoms with Gasteiger partial charge in [0, 0.05) is 42.8 Å². The van der Waals surface area contributed by atoms with Gasteiger partial charge in [0.05, 0.1) is 5.02 Å². The summed E-state index contributed by atoms with van der Waals surface area (Å²) >= 11 is 5.80. The van der Waals surface area contributed by atoms with E-state index in [1.165, 1.54) is 12.1 Å². The minimum atomic E-state index is -0.508. The van der Waals surface area contributed by atoms with Crippen LogP contribution in [0.15, 0.2) is 48.9 Å². The maximum absolute atomic E-state index is 14.0. The van der Waals surface area contributed by atoms with Crippen LogP contribution < -0.4 is 5.32 Å². The van der Waals surface area contributed by atoms with Crippen molar-refractivity contribution in [2.75, 3.05) is 6.54 Å². The van der Waals surface area contributed by atoms with Crippen molar-refractivity contribution in [3.8, 4) is 22.3 Å². The lowest BCUT2D eigenvalue weighted by atomic mass is 9.96. The molecule has 4 nitrogen and oxygen atoms in total. The van der Waals surface area contributed by atoms with Crippen LogP contribution in [-0.2, 0) is 6.54 Å². The van der Waals surface area contributed by atoms with Crippen LogP contribution >= 0.6 is 11.6 Å². The van der Waals surface area contributed by atoms with Gasteiger partial charge in [-0.05, 0) is 35.4 Å². The molecule has 1 N–H and O–H groups in total. The molecule has 3 heterocycles. The van der Waals surface area contributed by atoms with E-state index in [2.05, 4.69) is 10.3 Å². The number of amides is 1. The second kappa shape index (κ2) is 5.76. The van der Waals surface area contributed by atoms with Crippen molar-refractivity contribution in [1.29, 1.82) is 0 Å². The lowest BCUT2D eigenvalue weighted by Gasteiger charge is -2.17. The first-order valence-electron chi connectivity index (χ1n) is 7.52. The molecule has 0 unspecified atom stereocenters. The van der Waals surface area contributed by atoms with Crippen LogP contribution in [0.25, 0.3) is 22.3 Å². The summed E-state index contributed by atoms with van der Waals surface area (Å²) in [6, 6.07) is 8.34. The summed E-state index contributed by atoms with van der Waals surface area (Å²) in [5, 5.41) is 2.90. The second-order valence-electron chi connectivity index (χ2n) is 5.58. The van der Waals surface area contributed by atoms with Gasteiger partial charge in [0.1, 0.15) is 11.5 Å². The number of halogens is 2. The maximum atomic E-state index is 14.0. The number of nitrogens with one attached hydrogen (secondary N) is 1. The summed E-state index contributed by atoms with van der Waals surface area (Å²) in [5.74, 6) is -0.669. The van der Waals surface area contributed by atoms with Crippen molar-refractivity contribution in [3.05, 3.63) is 65.5 Å². The number of nitrogens with zero attached hydrogens (tertiary/aromatic N) is 2. The molecule has 4 rings (SSSR count). The highest BCUT2D eigenvalue weighted by molar-refractivity contribution is 6.30. The number of hydrogen-bond acceptors (Lipinski definition) is 2. The van der Waals surface area contributed by atoms with Gasteiger partial charge >= 0.3 is 0 Å². The molecule has 1 aliphatic heterocycles. The van der Waals surface area contributed by atoms with Gasteiger partial charge in [-0.15, -0.1) is 0 Å². The number of carbonyl (C=O) groups excluding carboxylic acids is 1. The van der Waals surface area contributed by atoms with Crippen molar-refractivity contribution in [1.82, 2.24) is 14.9 Å². The zero-order chi connectivity index (χ0) is 16.7. The van der Waals surface area contributed by atoms with Crippen LogP contribution in [0, 0.1) is 5.82 Å². The lowest BCUT2D eigenvalue weighted by molar-refractivity contribution is 0.0929. The largest absolute Gasteiger partial charge is 0.349 e. The number of aromatic nitrogens is 2. The van der Waals surface area contributed by atoms with Gasteiger partial charge in [-0.1, -0.05) is 17.7 Å². The Bertz CT molecular complexity index is 937. The fourth-order valence-electron chi connectivity index (χ4n) is 3.04. The topological polar surface area (TPSA) is 46.9 Å². The van der Waals surface area contributed by atoms with Crippen molar-refractivity contribution >= 4 is 17.5 Å². The highest BCUT2D eigenvalue weighted by atomic mass is 35.5.